The number of rotatable bonds is 2. The van der Waals surface area contributed by atoms with Gasteiger partial charge >= 0.3 is 0 Å². The fourth-order valence-corrected chi connectivity index (χ4v) is 5.25. The van der Waals surface area contributed by atoms with Crippen LogP contribution in [0.3, 0.4) is 0 Å². The average Bonchev–Trinajstić information content (AvgIpc) is 3.09. The van der Waals surface area contributed by atoms with Gasteiger partial charge in [0.15, 0.2) is 0 Å². The number of nitrogens with zero attached hydrogens (tertiary/aromatic N) is 4. The lowest BCUT2D eigenvalue weighted by molar-refractivity contribution is -0.122. The second kappa shape index (κ2) is 8.45. The van der Waals surface area contributed by atoms with Crippen LogP contribution in [0.2, 0.25) is 0 Å². The number of hydrogen-bond acceptors (Lipinski definition) is 4. The van der Waals surface area contributed by atoms with Crippen molar-refractivity contribution in [1.82, 2.24) is 14.8 Å². The van der Waals surface area contributed by atoms with Crippen LogP contribution in [0.5, 0.6) is 0 Å². The van der Waals surface area contributed by atoms with E-state index in [1.807, 2.05) is 40.9 Å². The Morgan fingerprint density at radius 3 is 2.44 bits per heavy atom. The number of benzene rings is 2. The number of carbonyl (C=O) groups excluding carboxylic acids is 1. The molecular weight excluding hydrogens is 422 g/mol. The Hall–Kier alpha value is -3.93. The number of pyridine rings is 1. The molecule has 4 aromatic rings. The summed E-state index contributed by atoms with van der Waals surface area (Å²) in [6.45, 7) is 0.500. The first-order chi connectivity index (χ1) is 16.7. The van der Waals surface area contributed by atoms with Crippen LogP contribution in [0.25, 0.3) is 11.3 Å². The SMILES string of the molecule is Cn1nccc1-c1ccc2c(c1)N(C(=O)C1CCc3ccccc3CC1)Cc1cccnc1N2. The van der Waals surface area contributed by atoms with E-state index in [4.69, 9.17) is 0 Å². The lowest BCUT2D eigenvalue weighted by Gasteiger charge is -2.27. The molecule has 0 saturated heterocycles. The molecule has 170 valence electrons. The van der Waals surface area contributed by atoms with E-state index in [1.54, 1.807) is 12.4 Å². The maximum absolute atomic E-state index is 14.1. The number of amides is 1. The Morgan fingerprint density at radius 1 is 0.941 bits per heavy atom. The van der Waals surface area contributed by atoms with E-state index in [0.29, 0.717) is 6.54 Å². The van der Waals surface area contributed by atoms with Crippen molar-refractivity contribution in [2.45, 2.75) is 32.2 Å². The van der Waals surface area contributed by atoms with Gasteiger partial charge in [0.05, 0.1) is 23.6 Å². The molecular formula is C28H27N5O. The van der Waals surface area contributed by atoms with Gasteiger partial charge in [-0.3, -0.25) is 9.48 Å². The van der Waals surface area contributed by atoms with Crippen molar-refractivity contribution < 1.29 is 4.79 Å². The number of anilines is 3. The van der Waals surface area contributed by atoms with Gasteiger partial charge in [-0.25, -0.2) is 4.98 Å². The summed E-state index contributed by atoms with van der Waals surface area (Å²) in [4.78, 5) is 20.6. The number of carbonyl (C=O) groups is 1. The summed E-state index contributed by atoms with van der Waals surface area (Å²) in [5.74, 6) is 0.981. The molecule has 0 radical (unpaired) electrons. The largest absolute Gasteiger partial charge is 0.338 e. The van der Waals surface area contributed by atoms with E-state index >= 15 is 0 Å². The smallest absolute Gasteiger partial charge is 0.230 e. The fraction of sp³-hybridized carbons (Fsp3) is 0.250. The molecule has 3 heterocycles. The molecule has 1 amide bonds. The molecule has 6 nitrogen and oxygen atoms in total. The van der Waals surface area contributed by atoms with Crippen LogP contribution in [-0.2, 0) is 31.2 Å². The number of hydrogen-bond donors (Lipinski definition) is 1. The molecule has 2 aromatic heterocycles. The van der Waals surface area contributed by atoms with Crippen LogP contribution >= 0.6 is 0 Å². The van der Waals surface area contributed by atoms with E-state index < -0.39 is 0 Å². The van der Waals surface area contributed by atoms with Crippen molar-refractivity contribution >= 4 is 23.1 Å². The fourth-order valence-electron chi connectivity index (χ4n) is 5.25. The summed E-state index contributed by atoms with van der Waals surface area (Å²) >= 11 is 0. The first kappa shape index (κ1) is 20.7. The van der Waals surface area contributed by atoms with Crippen LogP contribution in [0.15, 0.2) is 73.1 Å². The van der Waals surface area contributed by atoms with Gasteiger partial charge in [-0.2, -0.15) is 5.10 Å². The van der Waals surface area contributed by atoms with Gasteiger partial charge in [0.25, 0.3) is 0 Å². The van der Waals surface area contributed by atoms with E-state index in [0.717, 1.165) is 59.7 Å². The van der Waals surface area contributed by atoms with Gasteiger partial charge in [-0.15, -0.1) is 0 Å². The van der Waals surface area contributed by atoms with Gasteiger partial charge in [0, 0.05) is 36.5 Å². The molecule has 34 heavy (non-hydrogen) atoms. The topological polar surface area (TPSA) is 63.1 Å². The Morgan fingerprint density at radius 2 is 1.71 bits per heavy atom. The summed E-state index contributed by atoms with van der Waals surface area (Å²) in [5.41, 5.74) is 7.61. The van der Waals surface area contributed by atoms with Gasteiger partial charge in [0.1, 0.15) is 5.82 Å². The van der Waals surface area contributed by atoms with Crippen LogP contribution in [0.4, 0.5) is 17.2 Å². The summed E-state index contributed by atoms with van der Waals surface area (Å²) in [5, 5.41) is 7.80. The molecule has 1 N–H and O–H groups in total. The third kappa shape index (κ3) is 3.65. The zero-order chi connectivity index (χ0) is 23.1. The maximum atomic E-state index is 14.1. The highest BCUT2D eigenvalue weighted by atomic mass is 16.2. The second-order valence-corrected chi connectivity index (χ2v) is 9.18. The summed E-state index contributed by atoms with van der Waals surface area (Å²) in [6, 6.07) is 20.8. The molecule has 0 fully saturated rings. The molecule has 6 rings (SSSR count). The highest BCUT2D eigenvalue weighted by Crippen LogP contribution is 2.39. The summed E-state index contributed by atoms with van der Waals surface area (Å²) in [7, 11) is 1.94. The third-order valence-corrected chi connectivity index (χ3v) is 7.14. The molecule has 1 aliphatic heterocycles. The quantitative estimate of drug-likeness (QED) is 0.424. The lowest BCUT2D eigenvalue weighted by Crippen LogP contribution is -2.36. The minimum absolute atomic E-state index is 0.0150. The van der Waals surface area contributed by atoms with Crippen molar-refractivity contribution in [3.63, 3.8) is 0 Å². The normalized spacial score (nSPS) is 15.4. The summed E-state index contributed by atoms with van der Waals surface area (Å²) < 4.78 is 1.86. The van der Waals surface area contributed by atoms with Gasteiger partial charge in [0.2, 0.25) is 5.91 Å². The Labute approximate surface area is 199 Å². The Balaban J connectivity index is 1.39. The van der Waals surface area contributed by atoms with Crippen LogP contribution in [0.1, 0.15) is 29.5 Å². The van der Waals surface area contributed by atoms with Crippen LogP contribution in [-0.4, -0.2) is 20.7 Å². The van der Waals surface area contributed by atoms with Crippen molar-refractivity contribution in [3.8, 4) is 11.3 Å². The highest BCUT2D eigenvalue weighted by Gasteiger charge is 2.31. The van der Waals surface area contributed by atoms with Gasteiger partial charge in [-0.1, -0.05) is 36.4 Å². The zero-order valence-corrected chi connectivity index (χ0v) is 19.2. The maximum Gasteiger partial charge on any atom is 0.230 e. The standard InChI is InChI=1S/C28H27N5O/c1-32-25(14-16-30-32)22-12-13-24-26(17-22)33(18-23-7-4-15-29-27(23)31-24)28(34)21-10-8-19-5-2-3-6-20(19)9-11-21/h2-7,12-17,21H,8-11,18H2,1H3,(H,29,31). The van der Waals surface area contributed by atoms with E-state index in [2.05, 4.69) is 51.8 Å². The predicted molar refractivity (Wildman–Crippen MR) is 134 cm³/mol. The molecule has 1 aliphatic carbocycles. The molecule has 6 heteroatoms. The molecule has 0 bridgehead atoms. The predicted octanol–water partition coefficient (Wildman–Crippen LogP) is 5.27. The van der Waals surface area contributed by atoms with Gasteiger partial charge in [-0.05, 0) is 61.1 Å². The average molecular weight is 450 g/mol. The van der Waals surface area contributed by atoms with Crippen LogP contribution < -0.4 is 10.2 Å². The van der Waals surface area contributed by atoms with Crippen molar-refractivity contribution in [3.05, 3.63) is 89.7 Å². The summed E-state index contributed by atoms with van der Waals surface area (Å²) in [6.07, 6.45) is 7.21. The number of aryl methyl sites for hydroxylation is 3. The monoisotopic (exact) mass is 449 g/mol. The lowest BCUT2D eigenvalue weighted by atomic mass is 9.97. The van der Waals surface area contributed by atoms with Crippen molar-refractivity contribution in [2.75, 3.05) is 10.2 Å². The number of nitrogens with one attached hydrogen (secondary N) is 1. The molecule has 0 unspecified atom stereocenters. The van der Waals surface area contributed by atoms with E-state index in [-0.39, 0.29) is 11.8 Å². The number of aromatic nitrogens is 3. The van der Waals surface area contributed by atoms with Gasteiger partial charge < -0.3 is 10.2 Å². The van der Waals surface area contributed by atoms with E-state index in [1.165, 1.54) is 11.1 Å². The molecule has 0 spiro atoms. The third-order valence-electron chi connectivity index (χ3n) is 7.14. The first-order valence-electron chi connectivity index (χ1n) is 11.9. The minimum atomic E-state index is -0.0150. The number of fused-ring (bicyclic) bond motifs is 3. The van der Waals surface area contributed by atoms with E-state index in [9.17, 15) is 4.79 Å². The molecule has 2 aliphatic rings. The van der Waals surface area contributed by atoms with Crippen molar-refractivity contribution in [1.29, 1.82) is 0 Å². The van der Waals surface area contributed by atoms with Crippen molar-refractivity contribution in [2.24, 2.45) is 13.0 Å². The molecule has 0 atom stereocenters. The first-order valence-corrected chi connectivity index (χ1v) is 11.9. The van der Waals surface area contributed by atoms with Crippen LogP contribution in [0, 0.1) is 5.92 Å². The Kier molecular flexibility index (Phi) is 5.13. The molecule has 2 aromatic carbocycles. The Bertz CT molecular complexity index is 1350. The second-order valence-electron chi connectivity index (χ2n) is 9.18. The minimum Gasteiger partial charge on any atom is -0.338 e. The molecule has 0 saturated carbocycles. The highest BCUT2D eigenvalue weighted by molar-refractivity contribution is 6.00. The zero-order valence-electron chi connectivity index (χ0n) is 19.2.